The van der Waals surface area contributed by atoms with Gasteiger partial charge in [0, 0.05) is 32.0 Å². The van der Waals surface area contributed by atoms with Crippen LogP contribution in [-0.2, 0) is 6.54 Å². The van der Waals surface area contributed by atoms with Crippen LogP contribution in [0.25, 0.3) is 0 Å². The van der Waals surface area contributed by atoms with E-state index in [2.05, 4.69) is 79.8 Å². The Kier molecular flexibility index (Phi) is 3.88. The lowest BCUT2D eigenvalue weighted by Gasteiger charge is -2.15. The van der Waals surface area contributed by atoms with Crippen LogP contribution < -0.4 is 10.2 Å². The first-order valence-electron chi connectivity index (χ1n) is 6.22. The summed E-state index contributed by atoms with van der Waals surface area (Å²) < 4.78 is 0. The highest BCUT2D eigenvalue weighted by Gasteiger charge is 1.99. The third-order valence-corrected chi connectivity index (χ3v) is 3.11. The molecule has 18 heavy (non-hydrogen) atoms. The molecule has 0 amide bonds. The molecule has 0 aliphatic carbocycles. The van der Waals surface area contributed by atoms with Crippen molar-refractivity contribution in [3.8, 4) is 0 Å². The van der Waals surface area contributed by atoms with E-state index in [-0.39, 0.29) is 0 Å². The Balaban J connectivity index is 2.07. The summed E-state index contributed by atoms with van der Waals surface area (Å²) in [6.07, 6.45) is 0. The summed E-state index contributed by atoms with van der Waals surface area (Å²) in [5.41, 5.74) is 5.04. The number of aryl methyl sites for hydroxylation is 1. The maximum absolute atomic E-state index is 3.47. The van der Waals surface area contributed by atoms with E-state index >= 15 is 0 Å². The molecule has 0 spiro atoms. The van der Waals surface area contributed by atoms with Crippen molar-refractivity contribution in [3.05, 3.63) is 59.7 Å². The van der Waals surface area contributed by atoms with E-state index in [0.717, 1.165) is 12.2 Å². The van der Waals surface area contributed by atoms with Crippen LogP contribution in [0.5, 0.6) is 0 Å². The van der Waals surface area contributed by atoms with E-state index in [1.807, 2.05) is 0 Å². The predicted molar refractivity (Wildman–Crippen MR) is 79.3 cm³/mol. The molecule has 0 aromatic heterocycles. The Morgan fingerprint density at radius 2 is 1.78 bits per heavy atom. The maximum atomic E-state index is 3.47. The molecule has 0 bridgehead atoms. The van der Waals surface area contributed by atoms with Gasteiger partial charge in [-0.05, 0) is 36.2 Å². The third-order valence-electron chi connectivity index (χ3n) is 3.11. The van der Waals surface area contributed by atoms with Crippen LogP contribution in [0, 0.1) is 6.92 Å². The summed E-state index contributed by atoms with van der Waals surface area (Å²) in [4.78, 5) is 2.11. The number of nitrogens with one attached hydrogen (secondary N) is 1. The van der Waals surface area contributed by atoms with E-state index in [1.165, 1.54) is 16.8 Å². The van der Waals surface area contributed by atoms with Crippen LogP contribution in [0.2, 0.25) is 0 Å². The van der Waals surface area contributed by atoms with Crippen molar-refractivity contribution in [1.82, 2.24) is 0 Å². The molecule has 0 atom stereocenters. The second kappa shape index (κ2) is 5.58. The van der Waals surface area contributed by atoms with Crippen LogP contribution in [0.3, 0.4) is 0 Å². The minimum absolute atomic E-state index is 0.865. The smallest absolute Gasteiger partial charge is 0.0403 e. The first-order valence-corrected chi connectivity index (χ1v) is 6.22. The first-order chi connectivity index (χ1) is 8.66. The van der Waals surface area contributed by atoms with Crippen LogP contribution in [0.1, 0.15) is 11.1 Å². The topological polar surface area (TPSA) is 15.3 Å². The van der Waals surface area contributed by atoms with Crippen LogP contribution in [0.4, 0.5) is 11.4 Å². The fraction of sp³-hybridized carbons (Fsp3) is 0.250. The summed E-state index contributed by atoms with van der Waals surface area (Å²) in [6.45, 7) is 3.01. The molecule has 2 rings (SSSR count). The Hall–Kier alpha value is -1.96. The molecule has 2 aromatic carbocycles. The first kappa shape index (κ1) is 12.5. The van der Waals surface area contributed by atoms with Gasteiger partial charge in [0.2, 0.25) is 0 Å². The summed E-state index contributed by atoms with van der Waals surface area (Å²) in [6, 6.07) is 16.9. The number of benzene rings is 2. The molecular weight excluding hydrogens is 220 g/mol. The van der Waals surface area contributed by atoms with Crippen molar-refractivity contribution in [2.24, 2.45) is 0 Å². The number of hydrogen-bond donors (Lipinski definition) is 1. The Bertz CT molecular complexity index is 518. The highest BCUT2D eigenvalue weighted by atomic mass is 15.1. The van der Waals surface area contributed by atoms with Gasteiger partial charge in [-0.15, -0.1) is 0 Å². The molecule has 0 aliphatic rings. The number of anilines is 2. The van der Waals surface area contributed by atoms with Crippen molar-refractivity contribution < 1.29 is 0 Å². The molecule has 0 unspecified atom stereocenters. The highest BCUT2D eigenvalue weighted by Crippen LogP contribution is 2.18. The van der Waals surface area contributed by atoms with Gasteiger partial charge in [0.05, 0.1) is 0 Å². The van der Waals surface area contributed by atoms with E-state index in [1.54, 1.807) is 0 Å². The van der Waals surface area contributed by atoms with Crippen molar-refractivity contribution >= 4 is 11.4 Å². The molecule has 0 aliphatic heterocycles. The van der Waals surface area contributed by atoms with Gasteiger partial charge < -0.3 is 10.2 Å². The average Bonchev–Trinajstić information content (AvgIpc) is 2.38. The summed E-state index contributed by atoms with van der Waals surface area (Å²) in [5.74, 6) is 0. The Labute approximate surface area is 109 Å². The van der Waals surface area contributed by atoms with E-state index in [0.29, 0.717) is 0 Å². The molecule has 0 heterocycles. The standard InChI is InChI=1S/C16H20N2/c1-13-7-4-5-8-14(13)12-17-15-9-6-10-16(11-15)18(2)3/h4-11,17H,12H2,1-3H3. The van der Waals surface area contributed by atoms with Crippen LogP contribution >= 0.6 is 0 Å². The van der Waals surface area contributed by atoms with E-state index < -0.39 is 0 Å². The molecule has 0 saturated carbocycles. The van der Waals surface area contributed by atoms with Gasteiger partial charge >= 0.3 is 0 Å². The molecule has 2 aromatic rings. The second-order valence-electron chi connectivity index (χ2n) is 4.72. The summed E-state index contributed by atoms with van der Waals surface area (Å²) in [7, 11) is 4.11. The SMILES string of the molecule is Cc1ccccc1CNc1cccc(N(C)C)c1. The number of rotatable bonds is 4. The van der Waals surface area contributed by atoms with Gasteiger partial charge in [-0.1, -0.05) is 30.3 Å². The van der Waals surface area contributed by atoms with Crippen molar-refractivity contribution in [2.75, 3.05) is 24.3 Å². The molecular formula is C16H20N2. The second-order valence-corrected chi connectivity index (χ2v) is 4.72. The summed E-state index contributed by atoms with van der Waals surface area (Å²) in [5, 5.41) is 3.47. The Morgan fingerprint density at radius 1 is 1.00 bits per heavy atom. The predicted octanol–water partition coefficient (Wildman–Crippen LogP) is 3.67. The van der Waals surface area contributed by atoms with Gasteiger partial charge in [0.1, 0.15) is 0 Å². The van der Waals surface area contributed by atoms with Gasteiger partial charge in [-0.25, -0.2) is 0 Å². The lowest BCUT2D eigenvalue weighted by Crippen LogP contribution is -2.09. The maximum Gasteiger partial charge on any atom is 0.0403 e. The van der Waals surface area contributed by atoms with Gasteiger partial charge in [0.25, 0.3) is 0 Å². The van der Waals surface area contributed by atoms with Crippen molar-refractivity contribution in [1.29, 1.82) is 0 Å². The average molecular weight is 240 g/mol. The summed E-state index contributed by atoms with van der Waals surface area (Å²) >= 11 is 0. The lowest BCUT2D eigenvalue weighted by atomic mass is 10.1. The van der Waals surface area contributed by atoms with Gasteiger partial charge in [-0.2, -0.15) is 0 Å². The van der Waals surface area contributed by atoms with E-state index in [9.17, 15) is 0 Å². The number of hydrogen-bond acceptors (Lipinski definition) is 2. The zero-order valence-electron chi connectivity index (χ0n) is 11.3. The monoisotopic (exact) mass is 240 g/mol. The quantitative estimate of drug-likeness (QED) is 0.877. The fourth-order valence-corrected chi connectivity index (χ4v) is 1.90. The zero-order chi connectivity index (χ0) is 13.0. The largest absolute Gasteiger partial charge is 0.381 e. The minimum atomic E-state index is 0.865. The fourth-order valence-electron chi connectivity index (χ4n) is 1.90. The lowest BCUT2D eigenvalue weighted by molar-refractivity contribution is 1.11. The van der Waals surface area contributed by atoms with Gasteiger partial charge in [0.15, 0.2) is 0 Å². The molecule has 94 valence electrons. The van der Waals surface area contributed by atoms with Crippen LogP contribution in [0.15, 0.2) is 48.5 Å². The van der Waals surface area contributed by atoms with Crippen molar-refractivity contribution in [2.45, 2.75) is 13.5 Å². The van der Waals surface area contributed by atoms with Crippen LogP contribution in [-0.4, -0.2) is 14.1 Å². The van der Waals surface area contributed by atoms with Gasteiger partial charge in [-0.3, -0.25) is 0 Å². The minimum Gasteiger partial charge on any atom is -0.381 e. The highest BCUT2D eigenvalue weighted by molar-refractivity contribution is 5.57. The molecule has 0 fully saturated rings. The van der Waals surface area contributed by atoms with E-state index in [4.69, 9.17) is 0 Å². The molecule has 2 heteroatoms. The normalized spacial score (nSPS) is 10.2. The molecule has 0 saturated heterocycles. The number of nitrogens with zero attached hydrogens (tertiary/aromatic N) is 1. The third kappa shape index (κ3) is 3.04. The zero-order valence-corrected chi connectivity index (χ0v) is 11.3. The van der Waals surface area contributed by atoms with Crippen molar-refractivity contribution in [3.63, 3.8) is 0 Å². The Morgan fingerprint density at radius 3 is 2.50 bits per heavy atom. The molecule has 0 radical (unpaired) electrons. The molecule has 2 nitrogen and oxygen atoms in total. The molecule has 1 N–H and O–H groups in total.